The van der Waals surface area contributed by atoms with Crippen molar-refractivity contribution in [1.82, 2.24) is 0 Å². The molecular formula is C25H34F2O4. The molecule has 0 bridgehead atoms. The molecule has 5 atom stereocenters. The average molecular weight is 437 g/mol. The van der Waals surface area contributed by atoms with Crippen LogP contribution in [0.3, 0.4) is 0 Å². The highest BCUT2D eigenvalue weighted by Gasteiger charge is 2.43. The van der Waals surface area contributed by atoms with Crippen LogP contribution in [0.2, 0.25) is 0 Å². The highest BCUT2D eigenvalue weighted by molar-refractivity contribution is 5.68. The molecule has 1 saturated carbocycles. The van der Waals surface area contributed by atoms with Crippen LogP contribution in [0.15, 0.2) is 42.5 Å². The number of aliphatic hydroxyl groups excluding tert-OH is 1. The number of hydrogen-bond donors (Lipinski definition) is 1. The van der Waals surface area contributed by atoms with Crippen molar-refractivity contribution < 1.29 is 28.2 Å². The van der Waals surface area contributed by atoms with Crippen LogP contribution in [0.1, 0.15) is 50.5 Å². The van der Waals surface area contributed by atoms with E-state index in [1.165, 1.54) is 13.2 Å². The Morgan fingerprint density at radius 1 is 1.29 bits per heavy atom. The van der Waals surface area contributed by atoms with Gasteiger partial charge in [-0.25, -0.2) is 8.78 Å². The predicted octanol–water partition coefficient (Wildman–Crippen LogP) is 4.95. The van der Waals surface area contributed by atoms with Crippen molar-refractivity contribution in [2.75, 3.05) is 13.7 Å². The Labute approximate surface area is 183 Å². The molecule has 172 valence electrons. The lowest BCUT2D eigenvalue weighted by Crippen LogP contribution is -2.22. The first-order chi connectivity index (χ1) is 14.9. The van der Waals surface area contributed by atoms with Crippen molar-refractivity contribution in [3.63, 3.8) is 0 Å². The number of allylic oxidation sites excluding steroid dienone is 1. The van der Waals surface area contributed by atoms with Crippen molar-refractivity contribution in [1.29, 1.82) is 0 Å². The Bertz CT molecular complexity index is 721. The van der Waals surface area contributed by atoms with Gasteiger partial charge >= 0.3 is 5.97 Å². The molecule has 1 saturated heterocycles. The molecule has 4 nitrogen and oxygen atoms in total. The van der Waals surface area contributed by atoms with Gasteiger partial charge in [-0.1, -0.05) is 36.4 Å². The number of aryl methyl sites for hydroxylation is 1. The van der Waals surface area contributed by atoms with Crippen LogP contribution < -0.4 is 0 Å². The molecule has 0 amide bonds. The second-order valence-corrected chi connectivity index (χ2v) is 8.93. The summed E-state index contributed by atoms with van der Waals surface area (Å²) in [4.78, 5) is 11.3. The molecule has 2 aliphatic rings. The summed E-state index contributed by atoms with van der Waals surface area (Å²) in [6.45, 7) is 0.596. The molecule has 1 heterocycles. The number of halogens is 2. The van der Waals surface area contributed by atoms with Gasteiger partial charge in [0.05, 0.1) is 19.3 Å². The fourth-order valence-electron chi connectivity index (χ4n) is 4.87. The van der Waals surface area contributed by atoms with E-state index in [0.717, 1.165) is 37.3 Å². The van der Waals surface area contributed by atoms with E-state index >= 15 is 0 Å². The highest BCUT2D eigenvalue weighted by atomic mass is 19.3. The number of benzene rings is 1. The summed E-state index contributed by atoms with van der Waals surface area (Å²) >= 11 is 0. The third-order valence-electron chi connectivity index (χ3n) is 6.72. The Hall–Kier alpha value is -1.79. The molecule has 0 radical (unpaired) electrons. The Balaban J connectivity index is 1.52. The van der Waals surface area contributed by atoms with E-state index in [1.807, 2.05) is 30.3 Å². The maximum Gasteiger partial charge on any atom is 0.305 e. The minimum atomic E-state index is -2.91. The van der Waals surface area contributed by atoms with E-state index in [9.17, 15) is 18.7 Å². The van der Waals surface area contributed by atoms with Gasteiger partial charge in [0.15, 0.2) is 0 Å². The van der Waals surface area contributed by atoms with Crippen molar-refractivity contribution in [3.05, 3.63) is 48.0 Å². The number of rotatable bonds is 9. The molecule has 1 aliphatic heterocycles. The first-order valence-corrected chi connectivity index (χ1v) is 11.4. The van der Waals surface area contributed by atoms with Gasteiger partial charge in [-0.2, -0.15) is 0 Å². The van der Waals surface area contributed by atoms with Crippen molar-refractivity contribution in [2.24, 2.45) is 17.8 Å². The third kappa shape index (κ3) is 7.11. The number of carbonyl (C=O) groups excluding carboxylic acids is 1. The SMILES string of the molecule is COC(=O)CCC[C@H]1CC[C@@H]2[C@@H](/C=C/C(F)(F)CCc3ccccc3)[C@H](O)C[C@@H]2OC1. The molecule has 1 N–H and O–H groups in total. The van der Waals surface area contributed by atoms with Crippen LogP contribution in [0.25, 0.3) is 0 Å². The van der Waals surface area contributed by atoms with Crippen molar-refractivity contribution >= 4 is 5.97 Å². The first kappa shape index (κ1) is 23.9. The Morgan fingerprint density at radius 2 is 2.06 bits per heavy atom. The second-order valence-electron chi connectivity index (χ2n) is 8.93. The molecule has 0 spiro atoms. The quantitative estimate of drug-likeness (QED) is 0.440. The molecule has 3 rings (SSSR count). The zero-order valence-electron chi connectivity index (χ0n) is 18.2. The Kier molecular flexibility index (Phi) is 8.61. The average Bonchev–Trinajstić information content (AvgIpc) is 2.93. The summed E-state index contributed by atoms with van der Waals surface area (Å²) in [6, 6.07) is 9.29. The normalized spacial score (nSPS) is 29.0. The fraction of sp³-hybridized carbons (Fsp3) is 0.640. The van der Waals surface area contributed by atoms with E-state index in [-0.39, 0.29) is 30.3 Å². The zero-order valence-corrected chi connectivity index (χ0v) is 18.2. The molecule has 6 heteroatoms. The lowest BCUT2D eigenvalue weighted by molar-refractivity contribution is -0.140. The second kappa shape index (κ2) is 11.2. The van der Waals surface area contributed by atoms with Gasteiger partial charge in [0.1, 0.15) is 0 Å². The summed E-state index contributed by atoms with van der Waals surface area (Å²) in [6.07, 6.45) is 6.15. The molecule has 0 unspecified atom stereocenters. The van der Waals surface area contributed by atoms with Crippen LogP contribution in [-0.2, 0) is 20.7 Å². The van der Waals surface area contributed by atoms with Gasteiger partial charge in [0.25, 0.3) is 5.92 Å². The van der Waals surface area contributed by atoms with Crippen LogP contribution in [-0.4, -0.2) is 42.9 Å². The smallest absolute Gasteiger partial charge is 0.305 e. The van der Waals surface area contributed by atoms with E-state index < -0.39 is 12.0 Å². The molecule has 0 aromatic heterocycles. The minimum absolute atomic E-state index is 0.0572. The number of alkyl halides is 2. The number of fused-ring (bicyclic) bond motifs is 1. The molecule has 31 heavy (non-hydrogen) atoms. The summed E-state index contributed by atoms with van der Waals surface area (Å²) < 4.78 is 39.6. The van der Waals surface area contributed by atoms with Crippen LogP contribution in [0.5, 0.6) is 0 Å². The predicted molar refractivity (Wildman–Crippen MR) is 115 cm³/mol. The van der Waals surface area contributed by atoms with E-state index in [1.54, 1.807) is 0 Å². The van der Waals surface area contributed by atoms with Crippen LogP contribution in [0, 0.1) is 17.8 Å². The highest BCUT2D eigenvalue weighted by Crippen LogP contribution is 2.42. The summed E-state index contributed by atoms with van der Waals surface area (Å²) in [7, 11) is 1.39. The van der Waals surface area contributed by atoms with E-state index in [0.29, 0.717) is 31.8 Å². The number of esters is 1. The molecule has 2 fully saturated rings. The van der Waals surface area contributed by atoms with Crippen LogP contribution in [0.4, 0.5) is 8.78 Å². The monoisotopic (exact) mass is 436 g/mol. The van der Waals surface area contributed by atoms with Gasteiger partial charge in [0, 0.05) is 31.8 Å². The number of methoxy groups -OCH3 is 1. The lowest BCUT2D eigenvalue weighted by atomic mass is 9.86. The standard InChI is InChI=1S/C25H34F2O4/c1-30-24(29)9-5-8-19-10-11-21-20(22(28)16-23(21)31-17-19)13-15-25(26,27)14-12-18-6-3-2-4-7-18/h2-4,6-7,13,15,19-23,28H,5,8-12,14,16-17H2,1H3/b15-13+/t19-,20+,21+,22+,23-/m0/s1. The number of ether oxygens (including phenoxy) is 2. The minimum Gasteiger partial charge on any atom is -0.469 e. The van der Waals surface area contributed by atoms with E-state index in [2.05, 4.69) is 4.74 Å². The summed E-state index contributed by atoms with van der Waals surface area (Å²) in [5.74, 6) is -3.00. The fourth-order valence-corrected chi connectivity index (χ4v) is 4.87. The zero-order chi connectivity index (χ0) is 22.3. The van der Waals surface area contributed by atoms with Crippen LogP contribution >= 0.6 is 0 Å². The summed E-state index contributed by atoms with van der Waals surface area (Å²) in [5.41, 5.74) is 0.895. The lowest BCUT2D eigenvalue weighted by Gasteiger charge is -2.21. The van der Waals surface area contributed by atoms with Crippen molar-refractivity contribution in [2.45, 2.75) is 69.5 Å². The maximum atomic E-state index is 14.5. The third-order valence-corrected chi connectivity index (χ3v) is 6.72. The number of aliphatic hydroxyl groups is 1. The first-order valence-electron chi connectivity index (χ1n) is 11.4. The van der Waals surface area contributed by atoms with Gasteiger partial charge in [0.2, 0.25) is 0 Å². The topological polar surface area (TPSA) is 55.8 Å². The number of hydrogen-bond acceptors (Lipinski definition) is 4. The molecule has 1 aliphatic carbocycles. The molecular weight excluding hydrogens is 402 g/mol. The molecule has 1 aromatic carbocycles. The number of carbonyl (C=O) groups is 1. The largest absolute Gasteiger partial charge is 0.469 e. The maximum absolute atomic E-state index is 14.5. The van der Waals surface area contributed by atoms with Gasteiger partial charge in [-0.15, -0.1) is 0 Å². The molecule has 1 aromatic rings. The van der Waals surface area contributed by atoms with Gasteiger partial charge < -0.3 is 14.6 Å². The van der Waals surface area contributed by atoms with Crippen molar-refractivity contribution in [3.8, 4) is 0 Å². The summed E-state index contributed by atoms with van der Waals surface area (Å²) in [5, 5.41) is 10.5. The van der Waals surface area contributed by atoms with Gasteiger partial charge in [-0.3, -0.25) is 4.79 Å². The Morgan fingerprint density at radius 3 is 2.81 bits per heavy atom. The van der Waals surface area contributed by atoms with Gasteiger partial charge in [-0.05, 0) is 55.6 Å². The van der Waals surface area contributed by atoms with E-state index in [4.69, 9.17) is 4.74 Å².